The van der Waals surface area contributed by atoms with E-state index in [-0.39, 0.29) is 11.9 Å². The minimum absolute atomic E-state index is 0.0204. The van der Waals surface area contributed by atoms with Gasteiger partial charge in [0.1, 0.15) is 5.54 Å². The van der Waals surface area contributed by atoms with E-state index in [9.17, 15) is 9.59 Å². The van der Waals surface area contributed by atoms with Crippen molar-refractivity contribution in [1.82, 2.24) is 20.0 Å². The van der Waals surface area contributed by atoms with Gasteiger partial charge in [-0.15, -0.1) is 0 Å². The summed E-state index contributed by atoms with van der Waals surface area (Å²) in [7, 11) is 0. The van der Waals surface area contributed by atoms with Gasteiger partial charge in [0, 0.05) is 37.7 Å². The Morgan fingerprint density at radius 2 is 1.64 bits per heavy atom. The van der Waals surface area contributed by atoms with Crippen molar-refractivity contribution in [3.05, 3.63) is 34.9 Å². The molecule has 6 nitrogen and oxygen atoms in total. The number of carbonyl (C=O) groups excluding carboxylic acids is 2. The van der Waals surface area contributed by atoms with Crippen molar-refractivity contribution in [2.24, 2.45) is 5.92 Å². The molecular weight excluding hydrogens is 376 g/mol. The summed E-state index contributed by atoms with van der Waals surface area (Å²) in [5, 5.41) is 3.77. The third-order valence-corrected chi connectivity index (χ3v) is 6.75. The highest BCUT2D eigenvalue weighted by Crippen LogP contribution is 2.36. The minimum atomic E-state index is -0.639. The second-order valence-electron chi connectivity index (χ2n) is 8.59. The van der Waals surface area contributed by atoms with E-state index in [1.54, 1.807) is 0 Å². The van der Waals surface area contributed by atoms with E-state index >= 15 is 0 Å². The summed E-state index contributed by atoms with van der Waals surface area (Å²) in [4.78, 5) is 31.5. The summed E-state index contributed by atoms with van der Waals surface area (Å²) in [6.45, 7) is 7.08. The highest BCUT2D eigenvalue weighted by Gasteiger charge is 2.52. The van der Waals surface area contributed by atoms with Gasteiger partial charge in [-0.2, -0.15) is 0 Å². The topological polar surface area (TPSA) is 55.9 Å². The molecule has 1 spiro atoms. The fourth-order valence-corrected chi connectivity index (χ4v) is 4.66. The van der Waals surface area contributed by atoms with Crippen LogP contribution in [-0.2, 0) is 11.3 Å². The number of urea groups is 1. The van der Waals surface area contributed by atoms with Crippen molar-refractivity contribution in [2.45, 2.75) is 44.7 Å². The molecule has 0 atom stereocenters. The first-order valence-corrected chi connectivity index (χ1v) is 10.7. The highest BCUT2D eigenvalue weighted by molar-refractivity contribution is 6.30. The molecule has 0 aromatic heterocycles. The summed E-state index contributed by atoms with van der Waals surface area (Å²) >= 11 is 5.95. The normalized spacial score (nSPS) is 29.5. The van der Waals surface area contributed by atoms with Gasteiger partial charge in [0.15, 0.2) is 0 Å². The number of nitrogens with zero attached hydrogens (tertiary/aromatic N) is 3. The number of hydrogen-bond donors (Lipinski definition) is 1. The molecule has 3 aliphatic rings. The summed E-state index contributed by atoms with van der Waals surface area (Å²) in [5.41, 5.74) is 0.611. The Morgan fingerprint density at radius 1 is 1.04 bits per heavy atom. The third kappa shape index (κ3) is 4.04. The van der Waals surface area contributed by atoms with Gasteiger partial charge in [0.2, 0.25) is 0 Å². The van der Waals surface area contributed by atoms with Gasteiger partial charge in [-0.05, 0) is 49.3 Å². The molecule has 4 rings (SSSR count). The number of carbonyl (C=O) groups is 2. The van der Waals surface area contributed by atoms with E-state index in [0.29, 0.717) is 12.6 Å². The van der Waals surface area contributed by atoms with Gasteiger partial charge >= 0.3 is 6.03 Å². The molecule has 2 saturated heterocycles. The van der Waals surface area contributed by atoms with E-state index in [1.807, 2.05) is 12.1 Å². The molecule has 1 aliphatic carbocycles. The third-order valence-electron chi connectivity index (χ3n) is 6.50. The maximum absolute atomic E-state index is 13.0. The van der Waals surface area contributed by atoms with Crippen LogP contribution >= 0.6 is 11.6 Å². The Hall–Kier alpha value is -1.63. The standard InChI is InChI=1S/C21H29ClN4O2/c1-16-6-8-21(9-7-16)19(27)26(20(28)23-21)15-25-12-10-24(11-13-25)14-17-2-4-18(22)5-3-17/h2-5,16H,6-15H2,1H3,(H,23,28). The Morgan fingerprint density at radius 3 is 2.29 bits per heavy atom. The van der Waals surface area contributed by atoms with Crippen LogP contribution in [0, 0.1) is 5.92 Å². The average molecular weight is 405 g/mol. The molecule has 1 saturated carbocycles. The molecule has 2 aliphatic heterocycles. The second kappa shape index (κ2) is 8.01. The van der Waals surface area contributed by atoms with Crippen LogP contribution in [0.2, 0.25) is 5.02 Å². The van der Waals surface area contributed by atoms with Crippen molar-refractivity contribution >= 4 is 23.5 Å². The molecule has 152 valence electrons. The van der Waals surface area contributed by atoms with Gasteiger partial charge in [-0.3, -0.25) is 14.6 Å². The van der Waals surface area contributed by atoms with Crippen molar-refractivity contribution in [3.63, 3.8) is 0 Å². The number of rotatable bonds is 4. The van der Waals surface area contributed by atoms with E-state index in [0.717, 1.165) is 63.4 Å². The van der Waals surface area contributed by atoms with Gasteiger partial charge in [-0.1, -0.05) is 30.7 Å². The van der Waals surface area contributed by atoms with E-state index in [1.165, 1.54) is 10.5 Å². The number of halogens is 1. The second-order valence-corrected chi connectivity index (χ2v) is 9.03. The zero-order chi connectivity index (χ0) is 19.7. The smallest absolute Gasteiger partial charge is 0.323 e. The van der Waals surface area contributed by atoms with Crippen LogP contribution in [0.3, 0.4) is 0 Å². The van der Waals surface area contributed by atoms with Crippen LogP contribution in [-0.4, -0.2) is 65.0 Å². The molecular formula is C21H29ClN4O2. The van der Waals surface area contributed by atoms with Crippen molar-refractivity contribution < 1.29 is 9.59 Å². The molecule has 2 heterocycles. The highest BCUT2D eigenvalue weighted by atomic mass is 35.5. The van der Waals surface area contributed by atoms with Gasteiger partial charge in [0.25, 0.3) is 5.91 Å². The Balaban J connectivity index is 1.29. The quantitative estimate of drug-likeness (QED) is 0.784. The zero-order valence-electron chi connectivity index (χ0n) is 16.5. The van der Waals surface area contributed by atoms with Crippen LogP contribution in [0.1, 0.15) is 38.2 Å². The lowest BCUT2D eigenvalue weighted by Gasteiger charge is -2.37. The molecule has 0 bridgehead atoms. The predicted octanol–water partition coefficient (Wildman–Crippen LogP) is 2.92. The summed E-state index contributed by atoms with van der Waals surface area (Å²) in [6, 6.07) is 7.75. The molecule has 7 heteroatoms. The molecule has 28 heavy (non-hydrogen) atoms. The minimum Gasteiger partial charge on any atom is -0.323 e. The lowest BCUT2D eigenvalue weighted by atomic mass is 9.77. The zero-order valence-corrected chi connectivity index (χ0v) is 17.2. The Bertz CT molecular complexity index is 722. The van der Waals surface area contributed by atoms with E-state index in [4.69, 9.17) is 11.6 Å². The molecule has 0 unspecified atom stereocenters. The Labute approximate surface area is 171 Å². The number of hydrogen-bond acceptors (Lipinski definition) is 4. The SMILES string of the molecule is CC1CCC2(CC1)NC(=O)N(CN1CCN(Cc3ccc(Cl)cc3)CC1)C2=O. The Kier molecular flexibility index (Phi) is 5.63. The van der Waals surface area contributed by atoms with Crippen LogP contribution < -0.4 is 5.32 Å². The summed E-state index contributed by atoms with van der Waals surface area (Å²) < 4.78 is 0. The number of benzene rings is 1. The molecule has 1 N–H and O–H groups in total. The van der Waals surface area contributed by atoms with Crippen molar-refractivity contribution in [3.8, 4) is 0 Å². The molecule has 1 aromatic carbocycles. The number of piperazine rings is 1. The summed E-state index contributed by atoms with van der Waals surface area (Å²) in [6.07, 6.45) is 3.54. The first kappa shape index (κ1) is 19.7. The van der Waals surface area contributed by atoms with Crippen LogP contribution in [0.5, 0.6) is 0 Å². The maximum Gasteiger partial charge on any atom is 0.326 e. The maximum atomic E-state index is 13.0. The van der Waals surface area contributed by atoms with Gasteiger partial charge < -0.3 is 5.32 Å². The van der Waals surface area contributed by atoms with Crippen molar-refractivity contribution in [1.29, 1.82) is 0 Å². The van der Waals surface area contributed by atoms with Crippen molar-refractivity contribution in [2.75, 3.05) is 32.8 Å². The van der Waals surface area contributed by atoms with E-state index in [2.05, 4.69) is 34.2 Å². The summed E-state index contributed by atoms with van der Waals surface area (Å²) in [5.74, 6) is 0.617. The van der Waals surface area contributed by atoms with Gasteiger partial charge in [-0.25, -0.2) is 9.69 Å². The molecule has 3 fully saturated rings. The molecule has 3 amide bonds. The molecule has 1 aromatic rings. The van der Waals surface area contributed by atoms with Crippen LogP contribution in [0.25, 0.3) is 0 Å². The average Bonchev–Trinajstić information content (AvgIpc) is 2.92. The first-order valence-electron chi connectivity index (χ1n) is 10.3. The number of amides is 3. The monoisotopic (exact) mass is 404 g/mol. The first-order chi connectivity index (χ1) is 13.4. The van der Waals surface area contributed by atoms with Crippen LogP contribution in [0.4, 0.5) is 4.79 Å². The lowest BCUT2D eigenvalue weighted by Crippen LogP contribution is -2.52. The molecule has 0 radical (unpaired) electrons. The number of nitrogens with one attached hydrogen (secondary N) is 1. The fourth-order valence-electron chi connectivity index (χ4n) is 4.54. The van der Waals surface area contributed by atoms with Gasteiger partial charge in [0.05, 0.1) is 6.67 Å². The lowest BCUT2D eigenvalue weighted by molar-refractivity contribution is -0.134. The largest absolute Gasteiger partial charge is 0.326 e. The van der Waals surface area contributed by atoms with E-state index < -0.39 is 5.54 Å². The number of imide groups is 1. The fraction of sp³-hybridized carbons (Fsp3) is 0.619. The van der Waals surface area contributed by atoms with Crippen LogP contribution in [0.15, 0.2) is 24.3 Å². The predicted molar refractivity (Wildman–Crippen MR) is 109 cm³/mol.